The highest BCUT2D eigenvalue weighted by atomic mass is 32.2. The zero-order valence-electron chi connectivity index (χ0n) is 9.84. The fraction of sp³-hybridized carbons (Fsp3) is 0.200. The van der Waals surface area contributed by atoms with E-state index in [2.05, 4.69) is 12.1 Å². The van der Waals surface area contributed by atoms with Crippen molar-refractivity contribution in [2.45, 2.75) is 17.9 Å². The van der Waals surface area contributed by atoms with Crippen molar-refractivity contribution in [2.75, 3.05) is 5.75 Å². The van der Waals surface area contributed by atoms with Crippen LogP contribution in [0.2, 0.25) is 0 Å². The fourth-order valence-electron chi connectivity index (χ4n) is 1.74. The summed E-state index contributed by atoms with van der Waals surface area (Å²) in [7, 11) is 0. The van der Waals surface area contributed by atoms with Crippen molar-refractivity contribution in [1.29, 1.82) is 0 Å². The lowest BCUT2D eigenvalue weighted by Gasteiger charge is -2.13. The Balaban J connectivity index is 1.99. The summed E-state index contributed by atoms with van der Waals surface area (Å²) in [5.41, 5.74) is 2.17. The molecule has 2 aromatic rings. The topological polar surface area (TPSA) is 20.2 Å². The summed E-state index contributed by atoms with van der Waals surface area (Å²) >= 11 is 1.68. The van der Waals surface area contributed by atoms with Crippen LogP contribution in [0.5, 0.6) is 0 Å². The minimum atomic E-state index is -0.401. The minimum Gasteiger partial charge on any atom is -0.388 e. The van der Waals surface area contributed by atoms with Crippen LogP contribution in [0.4, 0.5) is 0 Å². The third-order valence-electron chi connectivity index (χ3n) is 2.70. The van der Waals surface area contributed by atoms with Gasteiger partial charge in [-0.15, -0.1) is 11.8 Å². The molecule has 0 aliphatic rings. The van der Waals surface area contributed by atoms with E-state index in [1.54, 1.807) is 11.8 Å². The van der Waals surface area contributed by atoms with E-state index in [9.17, 15) is 5.11 Å². The molecule has 88 valence electrons. The van der Waals surface area contributed by atoms with E-state index in [-0.39, 0.29) is 0 Å². The van der Waals surface area contributed by atoms with E-state index in [0.29, 0.717) is 5.75 Å². The molecule has 0 spiro atoms. The Labute approximate surface area is 107 Å². The van der Waals surface area contributed by atoms with Crippen LogP contribution in [0.25, 0.3) is 0 Å². The highest BCUT2D eigenvalue weighted by molar-refractivity contribution is 7.99. The maximum atomic E-state index is 10.1. The standard InChI is InChI=1S/C15H16OS/c1-12-7-5-6-10-14(12)15(16)11-17-13-8-3-2-4-9-13/h2-10,15-16H,11H2,1H3. The van der Waals surface area contributed by atoms with Crippen molar-refractivity contribution >= 4 is 11.8 Å². The molecule has 0 saturated carbocycles. The van der Waals surface area contributed by atoms with Gasteiger partial charge in [0.05, 0.1) is 6.10 Å². The first-order chi connectivity index (χ1) is 8.27. The van der Waals surface area contributed by atoms with Gasteiger partial charge in [-0.2, -0.15) is 0 Å². The van der Waals surface area contributed by atoms with E-state index < -0.39 is 6.10 Å². The van der Waals surface area contributed by atoms with Gasteiger partial charge in [0, 0.05) is 10.6 Å². The molecule has 1 unspecified atom stereocenters. The van der Waals surface area contributed by atoms with Gasteiger partial charge < -0.3 is 5.11 Å². The Morgan fingerprint density at radius 1 is 1.00 bits per heavy atom. The highest BCUT2D eigenvalue weighted by Gasteiger charge is 2.09. The molecule has 17 heavy (non-hydrogen) atoms. The number of aliphatic hydroxyl groups excluding tert-OH is 1. The van der Waals surface area contributed by atoms with Gasteiger partial charge in [0.15, 0.2) is 0 Å². The second-order valence-corrected chi connectivity index (χ2v) is 5.09. The van der Waals surface area contributed by atoms with Gasteiger partial charge in [-0.1, -0.05) is 42.5 Å². The van der Waals surface area contributed by atoms with Crippen LogP contribution < -0.4 is 0 Å². The average Bonchev–Trinajstić information content (AvgIpc) is 2.38. The zero-order chi connectivity index (χ0) is 12.1. The van der Waals surface area contributed by atoms with Crippen molar-refractivity contribution in [2.24, 2.45) is 0 Å². The number of hydrogen-bond acceptors (Lipinski definition) is 2. The monoisotopic (exact) mass is 244 g/mol. The van der Waals surface area contributed by atoms with Gasteiger partial charge in [-0.25, -0.2) is 0 Å². The highest BCUT2D eigenvalue weighted by Crippen LogP contribution is 2.25. The van der Waals surface area contributed by atoms with E-state index in [4.69, 9.17) is 0 Å². The molecule has 1 atom stereocenters. The van der Waals surface area contributed by atoms with Crippen LogP contribution in [0.15, 0.2) is 59.5 Å². The third-order valence-corrected chi connectivity index (χ3v) is 3.79. The van der Waals surface area contributed by atoms with Gasteiger partial charge >= 0.3 is 0 Å². The Bertz CT molecular complexity index is 467. The molecule has 0 heterocycles. The van der Waals surface area contributed by atoms with Crippen LogP contribution in [0.3, 0.4) is 0 Å². The average molecular weight is 244 g/mol. The molecule has 0 radical (unpaired) electrons. The molecular weight excluding hydrogens is 228 g/mol. The lowest BCUT2D eigenvalue weighted by molar-refractivity contribution is 0.203. The number of rotatable bonds is 4. The second kappa shape index (κ2) is 5.89. The lowest BCUT2D eigenvalue weighted by Crippen LogP contribution is -2.02. The predicted molar refractivity (Wildman–Crippen MR) is 73.3 cm³/mol. The van der Waals surface area contributed by atoms with Crippen LogP contribution in [0, 0.1) is 6.92 Å². The Kier molecular flexibility index (Phi) is 4.24. The Morgan fingerprint density at radius 3 is 2.35 bits per heavy atom. The van der Waals surface area contributed by atoms with E-state index in [1.807, 2.05) is 49.4 Å². The first kappa shape index (κ1) is 12.2. The summed E-state index contributed by atoms with van der Waals surface area (Å²) in [5.74, 6) is 0.689. The van der Waals surface area contributed by atoms with Gasteiger partial charge in [0.1, 0.15) is 0 Å². The van der Waals surface area contributed by atoms with Crippen molar-refractivity contribution < 1.29 is 5.11 Å². The quantitative estimate of drug-likeness (QED) is 0.825. The van der Waals surface area contributed by atoms with E-state index in [0.717, 1.165) is 11.1 Å². The molecular formula is C15H16OS. The van der Waals surface area contributed by atoms with Crippen LogP contribution >= 0.6 is 11.8 Å². The van der Waals surface area contributed by atoms with Gasteiger partial charge in [0.2, 0.25) is 0 Å². The van der Waals surface area contributed by atoms with Crippen molar-refractivity contribution in [3.63, 3.8) is 0 Å². The largest absolute Gasteiger partial charge is 0.388 e. The van der Waals surface area contributed by atoms with Crippen molar-refractivity contribution in [3.05, 3.63) is 65.7 Å². The van der Waals surface area contributed by atoms with Crippen molar-refractivity contribution in [1.82, 2.24) is 0 Å². The first-order valence-electron chi connectivity index (χ1n) is 5.69. The fourth-order valence-corrected chi connectivity index (χ4v) is 2.62. The molecule has 0 aliphatic heterocycles. The molecule has 2 rings (SSSR count). The van der Waals surface area contributed by atoms with Crippen LogP contribution in [0.1, 0.15) is 17.2 Å². The van der Waals surface area contributed by atoms with Crippen LogP contribution in [-0.4, -0.2) is 10.9 Å². The van der Waals surface area contributed by atoms with E-state index in [1.165, 1.54) is 4.90 Å². The lowest BCUT2D eigenvalue weighted by atomic mass is 10.1. The molecule has 0 aromatic heterocycles. The molecule has 2 heteroatoms. The zero-order valence-corrected chi connectivity index (χ0v) is 10.7. The number of aliphatic hydroxyl groups is 1. The summed E-state index contributed by atoms with van der Waals surface area (Å²) < 4.78 is 0. The normalized spacial score (nSPS) is 12.4. The summed E-state index contributed by atoms with van der Waals surface area (Å²) in [6.45, 7) is 2.03. The number of thioether (sulfide) groups is 1. The predicted octanol–water partition coefficient (Wildman–Crippen LogP) is 3.82. The summed E-state index contributed by atoms with van der Waals surface area (Å²) in [6, 6.07) is 18.2. The Hall–Kier alpha value is -1.25. The third kappa shape index (κ3) is 3.35. The maximum Gasteiger partial charge on any atom is 0.0886 e. The smallest absolute Gasteiger partial charge is 0.0886 e. The first-order valence-corrected chi connectivity index (χ1v) is 6.67. The number of benzene rings is 2. The number of hydrogen-bond donors (Lipinski definition) is 1. The van der Waals surface area contributed by atoms with Gasteiger partial charge in [-0.3, -0.25) is 0 Å². The molecule has 2 aromatic carbocycles. The van der Waals surface area contributed by atoms with Crippen LogP contribution in [-0.2, 0) is 0 Å². The van der Waals surface area contributed by atoms with Gasteiger partial charge in [0.25, 0.3) is 0 Å². The summed E-state index contributed by atoms with van der Waals surface area (Å²) in [4.78, 5) is 1.19. The molecule has 0 fully saturated rings. The molecule has 0 saturated heterocycles. The van der Waals surface area contributed by atoms with E-state index >= 15 is 0 Å². The summed E-state index contributed by atoms with van der Waals surface area (Å²) in [6.07, 6.45) is -0.401. The molecule has 0 bridgehead atoms. The second-order valence-electron chi connectivity index (χ2n) is 4.00. The van der Waals surface area contributed by atoms with Crippen molar-refractivity contribution in [3.8, 4) is 0 Å². The molecule has 0 amide bonds. The summed E-state index contributed by atoms with van der Waals surface area (Å²) in [5, 5.41) is 10.1. The minimum absolute atomic E-state index is 0.401. The maximum absolute atomic E-state index is 10.1. The van der Waals surface area contributed by atoms with Gasteiger partial charge in [-0.05, 0) is 30.2 Å². The molecule has 1 nitrogen and oxygen atoms in total. The number of aryl methyl sites for hydroxylation is 1. The SMILES string of the molecule is Cc1ccccc1C(O)CSc1ccccc1. The Morgan fingerprint density at radius 2 is 1.65 bits per heavy atom. The molecule has 0 aliphatic carbocycles. The molecule has 1 N–H and O–H groups in total.